The van der Waals surface area contributed by atoms with E-state index in [2.05, 4.69) is 0 Å². The lowest BCUT2D eigenvalue weighted by molar-refractivity contribution is -0.137. The van der Waals surface area contributed by atoms with Crippen LogP contribution in [0.15, 0.2) is 24.3 Å². The van der Waals surface area contributed by atoms with Crippen LogP contribution < -0.4 is 0 Å². The molecule has 0 aliphatic carbocycles. The lowest BCUT2D eigenvalue weighted by Gasteiger charge is -2.30. The number of hydrogen-bond acceptors (Lipinski definition) is 3. The predicted octanol–water partition coefficient (Wildman–Crippen LogP) is 2.39. The summed E-state index contributed by atoms with van der Waals surface area (Å²) in [5, 5.41) is 9.37. The van der Waals surface area contributed by atoms with E-state index in [4.69, 9.17) is 16.7 Å². The molecule has 0 saturated carbocycles. The van der Waals surface area contributed by atoms with Crippen LogP contribution >= 0.6 is 11.6 Å². The Balaban J connectivity index is 2.10. The van der Waals surface area contributed by atoms with Crippen molar-refractivity contribution < 1.29 is 18.3 Å². The van der Waals surface area contributed by atoms with Crippen LogP contribution in [0.3, 0.4) is 0 Å². The zero-order valence-electron chi connectivity index (χ0n) is 13.7. The van der Waals surface area contributed by atoms with Crippen LogP contribution in [0.1, 0.15) is 24.0 Å². The SMILES string of the molecule is Cc1cc(Cl)ccc1C1=CCN(S(=O)(=O)N(C)CCC(=O)O)CC1. The highest BCUT2D eigenvalue weighted by molar-refractivity contribution is 7.86. The van der Waals surface area contributed by atoms with Gasteiger partial charge in [0, 0.05) is 31.7 Å². The number of nitrogens with zero attached hydrogens (tertiary/aromatic N) is 2. The molecule has 0 fully saturated rings. The zero-order valence-corrected chi connectivity index (χ0v) is 15.3. The van der Waals surface area contributed by atoms with Crippen molar-refractivity contribution in [2.75, 3.05) is 26.7 Å². The molecule has 1 heterocycles. The molecular formula is C16H21ClN2O4S. The molecule has 0 bridgehead atoms. The van der Waals surface area contributed by atoms with Crippen molar-refractivity contribution in [3.63, 3.8) is 0 Å². The van der Waals surface area contributed by atoms with E-state index < -0.39 is 16.2 Å². The molecule has 0 spiro atoms. The van der Waals surface area contributed by atoms with Gasteiger partial charge < -0.3 is 5.11 Å². The van der Waals surface area contributed by atoms with Crippen LogP contribution in [-0.2, 0) is 15.0 Å². The normalized spacial score (nSPS) is 16.2. The van der Waals surface area contributed by atoms with Crippen molar-refractivity contribution in [2.24, 2.45) is 0 Å². The Morgan fingerprint density at radius 3 is 2.67 bits per heavy atom. The van der Waals surface area contributed by atoms with Crippen LogP contribution in [0, 0.1) is 6.92 Å². The van der Waals surface area contributed by atoms with Gasteiger partial charge in [0.1, 0.15) is 0 Å². The highest BCUT2D eigenvalue weighted by Crippen LogP contribution is 2.28. The van der Waals surface area contributed by atoms with E-state index in [-0.39, 0.29) is 19.5 Å². The molecule has 1 aromatic rings. The molecule has 24 heavy (non-hydrogen) atoms. The van der Waals surface area contributed by atoms with Gasteiger partial charge in [-0.15, -0.1) is 0 Å². The highest BCUT2D eigenvalue weighted by atomic mass is 35.5. The minimum atomic E-state index is -3.64. The van der Waals surface area contributed by atoms with Gasteiger partial charge in [0.25, 0.3) is 10.2 Å². The summed E-state index contributed by atoms with van der Waals surface area (Å²) in [5.41, 5.74) is 3.24. The molecule has 0 atom stereocenters. The van der Waals surface area contributed by atoms with Crippen molar-refractivity contribution in [1.29, 1.82) is 0 Å². The van der Waals surface area contributed by atoms with E-state index in [0.717, 1.165) is 21.0 Å². The number of benzene rings is 1. The van der Waals surface area contributed by atoms with Gasteiger partial charge in [0.05, 0.1) is 6.42 Å². The Labute approximate surface area is 147 Å². The molecule has 8 heteroatoms. The maximum Gasteiger partial charge on any atom is 0.304 e. The second-order valence-corrected chi connectivity index (χ2v) is 8.24. The number of hydrogen-bond donors (Lipinski definition) is 1. The Kier molecular flexibility index (Phi) is 6.03. The molecule has 0 amide bonds. The highest BCUT2D eigenvalue weighted by Gasteiger charge is 2.28. The van der Waals surface area contributed by atoms with Gasteiger partial charge in [0.15, 0.2) is 0 Å². The molecule has 0 radical (unpaired) electrons. The maximum absolute atomic E-state index is 12.5. The standard InChI is InChI=1S/C16H21ClN2O4S/c1-12-11-14(17)3-4-15(12)13-5-9-19(10-6-13)24(22,23)18(2)8-7-16(20)21/h3-5,11H,6-10H2,1-2H3,(H,20,21). The second kappa shape index (κ2) is 7.65. The van der Waals surface area contributed by atoms with Crippen molar-refractivity contribution in [1.82, 2.24) is 8.61 Å². The van der Waals surface area contributed by atoms with Crippen molar-refractivity contribution in [3.8, 4) is 0 Å². The molecule has 6 nitrogen and oxygen atoms in total. The third kappa shape index (κ3) is 4.36. The van der Waals surface area contributed by atoms with E-state index >= 15 is 0 Å². The fourth-order valence-corrected chi connectivity index (χ4v) is 4.19. The van der Waals surface area contributed by atoms with E-state index in [9.17, 15) is 13.2 Å². The van der Waals surface area contributed by atoms with Crippen LogP contribution in [0.2, 0.25) is 5.02 Å². The number of aryl methyl sites for hydroxylation is 1. The number of aliphatic carboxylic acids is 1. The summed E-state index contributed by atoms with van der Waals surface area (Å²) >= 11 is 5.97. The minimum absolute atomic E-state index is 0.0406. The van der Waals surface area contributed by atoms with Crippen molar-refractivity contribution >= 4 is 33.4 Å². The van der Waals surface area contributed by atoms with Crippen molar-refractivity contribution in [2.45, 2.75) is 19.8 Å². The smallest absolute Gasteiger partial charge is 0.304 e. The molecule has 0 unspecified atom stereocenters. The van der Waals surface area contributed by atoms with Crippen molar-refractivity contribution in [3.05, 3.63) is 40.4 Å². The predicted molar refractivity (Wildman–Crippen MR) is 94.2 cm³/mol. The number of rotatable bonds is 6. The van der Waals surface area contributed by atoms with Gasteiger partial charge in [-0.2, -0.15) is 17.0 Å². The molecule has 1 aliphatic rings. The van der Waals surface area contributed by atoms with Gasteiger partial charge in [0.2, 0.25) is 0 Å². The van der Waals surface area contributed by atoms with Crippen LogP contribution in [-0.4, -0.2) is 54.8 Å². The van der Waals surface area contributed by atoms with Crippen LogP contribution in [0.25, 0.3) is 5.57 Å². The van der Waals surface area contributed by atoms with Gasteiger partial charge >= 0.3 is 5.97 Å². The fraction of sp³-hybridized carbons (Fsp3) is 0.438. The Morgan fingerprint density at radius 2 is 2.12 bits per heavy atom. The van der Waals surface area contributed by atoms with Gasteiger partial charge in [-0.05, 0) is 42.2 Å². The number of halogens is 1. The number of carboxylic acid groups (broad SMARTS) is 1. The maximum atomic E-state index is 12.5. The minimum Gasteiger partial charge on any atom is -0.481 e. The molecule has 2 rings (SSSR count). The molecule has 0 aromatic heterocycles. The first-order chi connectivity index (χ1) is 11.2. The summed E-state index contributed by atoms with van der Waals surface area (Å²) in [5.74, 6) is -1.02. The zero-order chi connectivity index (χ0) is 17.9. The summed E-state index contributed by atoms with van der Waals surface area (Å²) < 4.78 is 27.4. The van der Waals surface area contributed by atoms with E-state index in [1.54, 1.807) is 0 Å². The third-order valence-corrected chi connectivity index (χ3v) is 6.26. The molecule has 132 valence electrons. The summed E-state index contributed by atoms with van der Waals surface area (Å²) in [6.07, 6.45) is 2.30. The molecule has 1 aliphatic heterocycles. The van der Waals surface area contributed by atoms with Gasteiger partial charge in [-0.1, -0.05) is 23.7 Å². The molecule has 0 saturated heterocycles. The summed E-state index contributed by atoms with van der Waals surface area (Å²) in [4.78, 5) is 10.6. The number of carbonyl (C=O) groups is 1. The third-order valence-electron chi connectivity index (χ3n) is 4.07. The first-order valence-electron chi connectivity index (χ1n) is 7.60. The quantitative estimate of drug-likeness (QED) is 0.831. The number of carboxylic acids is 1. The Morgan fingerprint density at radius 1 is 1.42 bits per heavy atom. The average molecular weight is 373 g/mol. The van der Waals surface area contributed by atoms with Gasteiger partial charge in [-0.3, -0.25) is 4.79 Å². The lowest BCUT2D eigenvalue weighted by Crippen LogP contribution is -2.44. The van der Waals surface area contributed by atoms with Crippen LogP contribution in [0.4, 0.5) is 0 Å². The summed E-state index contributed by atoms with van der Waals surface area (Å²) in [6, 6.07) is 5.67. The van der Waals surface area contributed by atoms with Gasteiger partial charge in [-0.25, -0.2) is 0 Å². The largest absolute Gasteiger partial charge is 0.481 e. The van der Waals surface area contributed by atoms with E-state index in [0.29, 0.717) is 18.0 Å². The molecule has 1 aromatic carbocycles. The van der Waals surface area contributed by atoms with E-state index in [1.165, 1.54) is 11.4 Å². The molecule has 1 N–H and O–H groups in total. The van der Waals surface area contributed by atoms with Crippen LogP contribution in [0.5, 0.6) is 0 Å². The Bertz CT molecular complexity index is 761. The molecular weight excluding hydrogens is 352 g/mol. The first kappa shape index (κ1) is 18.9. The monoisotopic (exact) mass is 372 g/mol. The summed E-state index contributed by atoms with van der Waals surface area (Å²) in [7, 11) is -2.24. The topological polar surface area (TPSA) is 77.9 Å². The first-order valence-corrected chi connectivity index (χ1v) is 9.38. The average Bonchev–Trinajstić information content (AvgIpc) is 2.52. The fourth-order valence-electron chi connectivity index (χ4n) is 2.66. The van der Waals surface area contributed by atoms with E-state index in [1.807, 2.05) is 31.2 Å². The summed E-state index contributed by atoms with van der Waals surface area (Å²) in [6.45, 7) is 2.58. The lowest BCUT2D eigenvalue weighted by atomic mass is 9.96. The second-order valence-electron chi connectivity index (χ2n) is 5.77. The Hall–Kier alpha value is -1.41.